The Labute approximate surface area is 151 Å². The van der Waals surface area contributed by atoms with Crippen LogP contribution in [0.15, 0.2) is 47.3 Å². The van der Waals surface area contributed by atoms with Crippen LogP contribution in [0.3, 0.4) is 0 Å². The number of aromatic nitrogens is 2. The summed E-state index contributed by atoms with van der Waals surface area (Å²) >= 11 is 6.30. The highest BCUT2D eigenvalue weighted by Gasteiger charge is 2.15. The standard InChI is InChI=1S/C19H21ClN4O/c1-4-24(23(3)17-8-6-5-7-15(17)20)12-18-21-16-10-9-13(2)11-14(16)19(25)22-18/h5-11H,4,12H2,1-3H3,(H,21,22,25). The normalized spacial score (nSPS) is 11.2. The van der Waals surface area contributed by atoms with E-state index in [1.807, 2.05) is 61.4 Å². The molecule has 0 aliphatic carbocycles. The van der Waals surface area contributed by atoms with Gasteiger partial charge in [0.2, 0.25) is 0 Å². The van der Waals surface area contributed by atoms with Crippen LogP contribution in [-0.2, 0) is 6.54 Å². The number of hydrogen-bond acceptors (Lipinski definition) is 4. The van der Waals surface area contributed by atoms with Crippen LogP contribution in [0.4, 0.5) is 5.69 Å². The minimum absolute atomic E-state index is 0.111. The van der Waals surface area contributed by atoms with Crippen molar-refractivity contribution >= 4 is 28.2 Å². The molecule has 0 aliphatic heterocycles. The van der Waals surface area contributed by atoms with Gasteiger partial charge >= 0.3 is 0 Å². The number of benzene rings is 2. The van der Waals surface area contributed by atoms with E-state index in [9.17, 15) is 4.79 Å². The van der Waals surface area contributed by atoms with Crippen LogP contribution in [0.1, 0.15) is 18.3 Å². The average Bonchev–Trinajstić information content (AvgIpc) is 2.60. The zero-order valence-electron chi connectivity index (χ0n) is 14.6. The van der Waals surface area contributed by atoms with Crippen molar-refractivity contribution in [3.63, 3.8) is 0 Å². The number of hydrogen-bond donors (Lipinski definition) is 1. The van der Waals surface area contributed by atoms with Gasteiger partial charge in [-0.2, -0.15) is 0 Å². The summed E-state index contributed by atoms with van der Waals surface area (Å²) in [6, 6.07) is 13.4. The average molecular weight is 357 g/mol. The van der Waals surface area contributed by atoms with Gasteiger partial charge in [-0.25, -0.2) is 9.99 Å². The molecule has 0 unspecified atom stereocenters. The Morgan fingerprint density at radius 3 is 2.68 bits per heavy atom. The summed E-state index contributed by atoms with van der Waals surface area (Å²) in [4.78, 5) is 19.9. The van der Waals surface area contributed by atoms with Gasteiger partial charge in [-0.15, -0.1) is 0 Å². The van der Waals surface area contributed by atoms with Crippen molar-refractivity contribution in [2.75, 3.05) is 18.6 Å². The number of nitrogens with one attached hydrogen (secondary N) is 1. The molecule has 0 amide bonds. The topological polar surface area (TPSA) is 52.2 Å². The van der Waals surface area contributed by atoms with Gasteiger partial charge in [0.05, 0.1) is 28.2 Å². The van der Waals surface area contributed by atoms with Crippen LogP contribution >= 0.6 is 11.6 Å². The number of H-pyrrole nitrogens is 1. The zero-order valence-corrected chi connectivity index (χ0v) is 15.3. The number of nitrogens with zero attached hydrogens (tertiary/aromatic N) is 3. The summed E-state index contributed by atoms with van der Waals surface area (Å²) in [5.41, 5.74) is 2.55. The predicted molar refractivity (Wildman–Crippen MR) is 103 cm³/mol. The third kappa shape index (κ3) is 3.67. The van der Waals surface area contributed by atoms with Gasteiger partial charge in [-0.3, -0.25) is 4.79 Å². The molecule has 3 rings (SSSR count). The van der Waals surface area contributed by atoms with Crippen molar-refractivity contribution in [2.24, 2.45) is 0 Å². The lowest BCUT2D eigenvalue weighted by atomic mass is 10.2. The van der Waals surface area contributed by atoms with Crippen LogP contribution in [0.5, 0.6) is 0 Å². The fourth-order valence-electron chi connectivity index (χ4n) is 2.85. The van der Waals surface area contributed by atoms with Crippen molar-refractivity contribution in [1.29, 1.82) is 0 Å². The Morgan fingerprint density at radius 2 is 1.96 bits per heavy atom. The number of anilines is 1. The number of aromatic amines is 1. The van der Waals surface area contributed by atoms with Crippen molar-refractivity contribution < 1.29 is 0 Å². The van der Waals surface area contributed by atoms with Crippen molar-refractivity contribution in [1.82, 2.24) is 15.0 Å². The zero-order chi connectivity index (χ0) is 18.0. The van der Waals surface area contributed by atoms with E-state index in [4.69, 9.17) is 11.6 Å². The molecule has 2 aromatic carbocycles. The SMILES string of the molecule is CCN(Cc1nc2ccc(C)cc2c(=O)[nH]1)N(C)c1ccccc1Cl. The summed E-state index contributed by atoms with van der Waals surface area (Å²) in [7, 11) is 1.95. The van der Waals surface area contributed by atoms with Crippen molar-refractivity contribution in [3.05, 3.63) is 69.2 Å². The molecule has 0 bridgehead atoms. The maximum Gasteiger partial charge on any atom is 0.258 e. The third-order valence-electron chi connectivity index (χ3n) is 4.23. The number of aryl methyl sites for hydroxylation is 1. The van der Waals surface area contributed by atoms with Gasteiger partial charge in [0.1, 0.15) is 5.82 Å². The monoisotopic (exact) mass is 356 g/mol. The molecule has 3 aromatic rings. The molecule has 0 radical (unpaired) electrons. The summed E-state index contributed by atoms with van der Waals surface area (Å²) in [6.45, 7) is 5.24. The van der Waals surface area contributed by atoms with E-state index >= 15 is 0 Å². The number of hydrazine groups is 1. The second kappa shape index (κ2) is 7.25. The van der Waals surface area contributed by atoms with Crippen LogP contribution in [0.25, 0.3) is 10.9 Å². The lowest BCUT2D eigenvalue weighted by Gasteiger charge is -2.32. The number of halogens is 1. The van der Waals surface area contributed by atoms with Gasteiger partial charge < -0.3 is 9.99 Å². The minimum Gasteiger partial charge on any atom is -0.309 e. The maximum absolute atomic E-state index is 12.4. The Bertz CT molecular complexity index is 954. The van der Waals surface area contributed by atoms with Gasteiger partial charge in [-0.05, 0) is 31.2 Å². The molecular formula is C19H21ClN4O. The van der Waals surface area contributed by atoms with E-state index < -0.39 is 0 Å². The predicted octanol–water partition coefficient (Wildman–Crippen LogP) is 3.76. The smallest absolute Gasteiger partial charge is 0.258 e. The first-order valence-electron chi connectivity index (χ1n) is 8.22. The largest absolute Gasteiger partial charge is 0.309 e. The second-order valence-electron chi connectivity index (χ2n) is 5.99. The van der Waals surface area contributed by atoms with Crippen LogP contribution in [0, 0.1) is 6.92 Å². The highest BCUT2D eigenvalue weighted by Crippen LogP contribution is 2.25. The Balaban J connectivity index is 1.92. The van der Waals surface area contributed by atoms with E-state index in [2.05, 4.69) is 21.9 Å². The van der Waals surface area contributed by atoms with Crippen LogP contribution in [-0.4, -0.2) is 28.6 Å². The number of rotatable bonds is 5. The Hall–Kier alpha value is -2.37. The molecule has 130 valence electrons. The molecule has 0 saturated heterocycles. The molecule has 0 aliphatic rings. The fraction of sp³-hybridized carbons (Fsp3) is 0.263. The highest BCUT2D eigenvalue weighted by molar-refractivity contribution is 6.33. The minimum atomic E-state index is -0.111. The Morgan fingerprint density at radius 1 is 1.20 bits per heavy atom. The summed E-state index contributed by atoms with van der Waals surface area (Å²) in [5, 5.41) is 5.35. The lowest BCUT2D eigenvalue weighted by Crippen LogP contribution is -2.40. The summed E-state index contributed by atoms with van der Waals surface area (Å²) in [5.74, 6) is 0.627. The van der Waals surface area contributed by atoms with Gasteiger partial charge in [0.25, 0.3) is 5.56 Å². The van der Waals surface area contributed by atoms with Gasteiger partial charge in [-0.1, -0.05) is 42.3 Å². The first kappa shape index (κ1) is 17.5. The molecule has 0 fully saturated rings. The highest BCUT2D eigenvalue weighted by atomic mass is 35.5. The summed E-state index contributed by atoms with van der Waals surface area (Å²) in [6.07, 6.45) is 0. The molecule has 1 N–H and O–H groups in total. The molecule has 25 heavy (non-hydrogen) atoms. The summed E-state index contributed by atoms with van der Waals surface area (Å²) < 4.78 is 0. The molecule has 1 aromatic heterocycles. The van der Waals surface area contributed by atoms with Crippen LogP contribution < -0.4 is 10.6 Å². The van der Waals surface area contributed by atoms with E-state index in [1.165, 1.54) is 0 Å². The van der Waals surface area contributed by atoms with E-state index in [0.717, 1.165) is 17.8 Å². The quantitative estimate of drug-likeness (QED) is 0.707. The molecule has 0 saturated carbocycles. The van der Waals surface area contributed by atoms with Gasteiger partial charge in [0, 0.05) is 13.6 Å². The third-order valence-corrected chi connectivity index (χ3v) is 4.55. The van der Waals surface area contributed by atoms with Crippen LogP contribution in [0.2, 0.25) is 5.02 Å². The van der Waals surface area contributed by atoms with E-state index in [0.29, 0.717) is 28.3 Å². The molecule has 6 heteroatoms. The first-order valence-corrected chi connectivity index (χ1v) is 8.60. The first-order chi connectivity index (χ1) is 12.0. The fourth-order valence-corrected chi connectivity index (χ4v) is 3.10. The molecule has 0 atom stereocenters. The number of para-hydroxylation sites is 1. The van der Waals surface area contributed by atoms with E-state index in [-0.39, 0.29) is 5.56 Å². The van der Waals surface area contributed by atoms with Crippen molar-refractivity contribution in [3.8, 4) is 0 Å². The maximum atomic E-state index is 12.4. The number of fused-ring (bicyclic) bond motifs is 1. The molecule has 1 heterocycles. The lowest BCUT2D eigenvalue weighted by molar-refractivity contribution is 0.263. The second-order valence-corrected chi connectivity index (χ2v) is 6.40. The van der Waals surface area contributed by atoms with Gasteiger partial charge in [0.15, 0.2) is 0 Å². The molecular weight excluding hydrogens is 336 g/mol. The van der Waals surface area contributed by atoms with Crippen molar-refractivity contribution in [2.45, 2.75) is 20.4 Å². The molecule has 5 nitrogen and oxygen atoms in total. The molecule has 0 spiro atoms. The Kier molecular flexibility index (Phi) is 5.06. The van der Waals surface area contributed by atoms with E-state index in [1.54, 1.807) is 0 Å².